The van der Waals surface area contributed by atoms with E-state index in [2.05, 4.69) is 34.2 Å². The maximum Gasteiger partial charge on any atom is 0.280 e. The van der Waals surface area contributed by atoms with Crippen LogP contribution in [-0.2, 0) is 0 Å². The van der Waals surface area contributed by atoms with E-state index in [1.165, 1.54) is 23.0 Å². The molecule has 1 aliphatic rings. The number of halogens is 2. The fourth-order valence-corrected chi connectivity index (χ4v) is 5.86. The normalized spacial score (nSPS) is 17.9. The number of fused-ring (bicyclic) bond motifs is 5. The van der Waals surface area contributed by atoms with E-state index < -0.39 is 6.43 Å². The van der Waals surface area contributed by atoms with Gasteiger partial charge in [-0.05, 0) is 35.1 Å². The minimum Gasteiger partial charge on any atom is -0.236 e. The largest absolute Gasteiger partial charge is 0.280 e. The first-order valence-corrected chi connectivity index (χ1v) is 11.9. The van der Waals surface area contributed by atoms with Crippen LogP contribution in [0.3, 0.4) is 0 Å². The summed E-state index contributed by atoms with van der Waals surface area (Å²) in [5.41, 5.74) is 4.03. The number of hydrogen-bond acceptors (Lipinski definition) is 5. The third-order valence-electron chi connectivity index (χ3n) is 6.46. The molecule has 7 rings (SSSR count). The van der Waals surface area contributed by atoms with Crippen LogP contribution in [0.2, 0.25) is 0 Å². The summed E-state index contributed by atoms with van der Waals surface area (Å²) in [6, 6.07) is 21.4. The first kappa shape index (κ1) is 19.7. The molecule has 0 bridgehead atoms. The van der Waals surface area contributed by atoms with Crippen LogP contribution < -0.4 is 0 Å². The zero-order valence-electron chi connectivity index (χ0n) is 17.8. The number of benzene rings is 2. The van der Waals surface area contributed by atoms with Gasteiger partial charge in [0.1, 0.15) is 21.6 Å². The van der Waals surface area contributed by atoms with Crippen LogP contribution in [0, 0.1) is 0 Å². The van der Waals surface area contributed by atoms with Crippen molar-refractivity contribution in [2.75, 3.05) is 0 Å². The van der Waals surface area contributed by atoms with Crippen molar-refractivity contribution in [2.45, 2.75) is 24.7 Å². The van der Waals surface area contributed by atoms with Gasteiger partial charge in [-0.2, -0.15) is 0 Å². The van der Waals surface area contributed by atoms with Crippen LogP contribution >= 0.6 is 11.3 Å². The number of aromatic nitrogens is 5. The van der Waals surface area contributed by atoms with Gasteiger partial charge in [0.15, 0.2) is 11.5 Å². The Kier molecular flexibility index (Phi) is 4.26. The van der Waals surface area contributed by atoms with Gasteiger partial charge in [-0.3, -0.25) is 0 Å². The molecule has 4 aromatic heterocycles. The highest BCUT2D eigenvalue weighted by atomic mass is 32.1. The van der Waals surface area contributed by atoms with Gasteiger partial charge in [-0.1, -0.05) is 60.7 Å². The third-order valence-corrected chi connectivity index (χ3v) is 7.53. The minimum absolute atomic E-state index is 0.236. The van der Waals surface area contributed by atoms with E-state index in [0.29, 0.717) is 27.5 Å². The lowest BCUT2D eigenvalue weighted by molar-refractivity contribution is 0.146. The number of hydrogen-bond donors (Lipinski definition) is 0. The summed E-state index contributed by atoms with van der Waals surface area (Å²) < 4.78 is 29.9. The van der Waals surface area contributed by atoms with Crippen molar-refractivity contribution in [3.05, 3.63) is 90.1 Å². The average molecular weight is 470 g/mol. The number of rotatable bonds is 4. The van der Waals surface area contributed by atoms with Crippen LogP contribution in [0.1, 0.15) is 41.8 Å². The zero-order chi connectivity index (χ0) is 22.8. The molecule has 0 unspecified atom stereocenters. The van der Waals surface area contributed by atoms with Gasteiger partial charge in [0.2, 0.25) is 0 Å². The number of pyridine rings is 1. The molecule has 5 nitrogen and oxygen atoms in total. The highest BCUT2D eigenvalue weighted by molar-refractivity contribution is 7.26. The lowest BCUT2D eigenvalue weighted by Crippen LogP contribution is -1.93. The molecule has 8 heteroatoms. The second-order valence-corrected chi connectivity index (χ2v) is 9.56. The smallest absolute Gasteiger partial charge is 0.236 e. The molecule has 0 N–H and O–H groups in total. The van der Waals surface area contributed by atoms with Gasteiger partial charge in [-0.25, -0.2) is 28.2 Å². The van der Waals surface area contributed by atoms with E-state index >= 15 is 0 Å². The molecule has 166 valence electrons. The number of nitrogens with zero attached hydrogens (tertiary/aromatic N) is 5. The molecule has 2 atom stereocenters. The van der Waals surface area contributed by atoms with Gasteiger partial charge in [0.05, 0.1) is 5.52 Å². The molecule has 34 heavy (non-hydrogen) atoms. The Hall–Kier alpha value is -3.78. The quantitative estimate of drug-likeness (QED) is 0.286. The summed E-state index contributed by atoms with van der Waals surface area (Å²) in [4.78, 5) is 14.4. The summed E-state index contributed by atoms with van der Waals surface area (Å²) >= 11 is 1.34. The van der Waals surface area contributed by atoms with E-state index in [9.17, 15) is 8.78 Å². The predicted octanol–water partition coefficient (Wildman–Crippen LogP) is 6.76. The third kappa shape index (κ3) is 3.02. The highest BCUT2D eigenvalue weighted by Gasteiger charge is 2.42. The molecule has 0 spiro atoms. The molecule has 0 amide bonds. The monoisotopic (exact) mass is 469 g/mol. The van der Waals surface area contributed by atoms with Crippen molar-refractivity contribution in [2.24, 2.45) is 0 Å². The maximum absolute atomic E-state index is 13.7. The van der Waals surface area contributed by atoms with Gasteiger partial charge in [0, 0.05) is 11.3 Å². The van der Waals surface area contributed by atoms with Crippen molar-refractivity contribution >= 4 is 37.4 Å². The molecule has 6 aromatic rings. The Bertz CT molecular complexity index is 1680. The summed E-state index contributed by atoms with van der Waals surface area (Å²) in [5.74, 6) is 1.49. The van der Waals surface area contributed by atoms with Crippen molar-refractivity contribution in [1.82, 2.24) is 24.6 Å². The molecule has 0 aliphatic heterocycles. The summed E-state index contributed by atoms with van der Waals surface area (Å²) in [6.07, 6.45) is 0.0201. The molecule has 2 aromatic carbocycles. The Balaban J connectivity index is 1.41. The first-order chi connectivity index (χ1) is 16.7. The molecular weight excluding hydrogens is 452 g/mol. The lowest BCUT2D eigenvalue weighted by atomic mass is 10.0. The Labute approximate surface area is 196 Å². The van der Waals surface area contributed by atoms with Gasteiger partial charge in [-0.15, -0.1) is 16.4 Å². The van der Waals surface area contributed by atoms with E-state index in [1.807, 2.05) is 36.4 Å². The Morgan fingerprint density at radius 1 is 0.941 bits per heavy atom. The zero-order valence-corrected chi connectivity index (χ0v) is 18.6. The lowest BCUT2D eigenvalue weighted by Gasteiger charge is -2.07. The van der Waals surface area contributed by atoms with Crippen LogP contribution in [0.4, 0.5) is 8.78 Å². The average Bonchev–Trinajstić information content (AvgIpc) is 3.40. The fourth-order valence-electron chi connectivity index (χ4n) is 4.73. The van der Waals surface area contributed by atoms with E-state index in [4.69, 9.17) is 10.1 Å². The van der Waals surface area contributed by atoms with Gasteiger partial charge < -0.3 is 0 Å². The highest BCUT2D eigenvalue weighted by Crippen LogP contribution is 2.53. The number of alkyl halides is 2. The maximum atomic E-state index is 13.7. The Morgan fingerprint density at radius 2 is 1.71 bits per heavy atom. The summed E-state index contributed by atoms with van der Waals surface area (Å²) in [6.45, 7) is 0. The molecule has 4 heterocycles. The molecule has 0 saturated heterocycles. The topological polar surface area (TPSA) is 56.0 Å². The second-order valence-electron chi connectivity index (χ2n) is 8.56. The van der Waals surface area contributed by atoms with E-state index in [-0.39, 0.29) is 11.6 Å². The molecular formula is C26H17F2N5S. The Morgan fingerprint density at radius 3 is 2.47 bits per heavy atom. The van der Waals surface area contributed by atoms with Crippen molar-refractivity contribution < 1.29 is 8.78 Å². The molecule has 1 fully saturated rings. The number of thiophene rings is 1. The van der Waals surface area contributed by atoms with Crippen LogP contribution in [0.15, 0.2) is 73.1 Å². The van der Waals surface area contributed by atoms with Crippen LogP contribution in [0.5, 0.6) is 0 Å². The van der Waals surface area contributed by atoms with Gasteiger partial charge >= 0.3 is 0 Å². The van der Waals surface area contributed by atoms with Crippen molar-refractivity contribution in [3.63, 3.8) is 0 Å². The summed E-state index contributed by atoms with van der Waals surface area (Å²) in [7, 11) is 0. The van der Waals surface area contributed by atoms with Crippen LogP contribution in [-0.4, -0.2) is 24.6 Å². The molecule has 1 saturated carbocycles. The van der Waals surface area contributed by atoms with Gasteiger partial charge in [0.25, 0.3) is 6.43 Å². The van der Waals surface area contributed by atoms with E-state index in [1.54, 1.807) is 10.8 Å². The molecule has 1 aliphatic carbocycles. The van der Waals surface area contributed by atoms with E-state index in [0.717, 1.165) is 27.9 Å². The standard InChI is InChI=1S/C26H17F2N5S/c27-23(28)19-12-17(15-9-5-2-6-10-15)20-21-22(34-26(20)30-19)25-31-24(32-33(25)13-29-21)18-11-16(18)14-7-3-1-4-8-14/h1-10,12-13,16,18,23H,11H2/t16-,18-/m0/s1. The predicted molar refractivity (Wildman–Crippen MR) is 128 cm³/mol. The molecule has 0 radical (unpaired) electrons. The fraction of sp³-hybridized carbons (Fsp3) is 0.154. The first-order valence-electron chi connectivity index (χ1n) is 11.0. The van der Waals surface area contributed by atoms with Crippen molar-refractivity contribution in [3.8, 4) is 11.1 Å². The second kappa shape index (κ2) is 7.36. The summed E-state index contributed by atoms with van der Waals surface area (Å²) in [5, 5.41) is 5.48. The van der Waals surface area contributed by atoms with Crippen LogP contribution in [0.25, 0.3) is 37.2 Å². The minimum atomic E-state index is -2.66. The van der Waals surface area contributed by atoms with Crippen molar-refractivity contribution in [1.29, 1.82) is 0 Å². The SMILES string of the molecule is FC(F)c1cc(-c2ccccc2)c2c(n1)sc1c2ncn2nc([C@H]3C[C@H]3c3ccccc3)nc12.